The lowest BCUT2D eigenvalue weighted by Gasteiger charge is -2.29. The van der Waals surface area contributed by atoms with Gasteiger partial charge >= 0.3 is 17.9 Å². The van der Waals surface area contributed by atoms with E-state index in [2.05, 4.69) is 68.1 Å². The molecule has 0 radical (unpaired) electrons. The van der Waals surface area contributed by atoms with Crippen molar-refractivity contribution in [1.82, 2.24) is 63.1 Å². The molecule has 0 bridgehead atoms. The maximum Gasteiger partial charge on any atom is 0.326 e. The number of imidazole rings is 1. The minimum absolute atomic E-state index is 0.0321. The number of amides is 10. The molecular weight excluding hydrogens is 1140 g/mol. The Labute approximate surface area is 501 Å². The number of aliphatic hydroxyl groups excluding tert-OH is 1. The number of rotatable bonds is 39. The van der Waals surface area contributed by atoms with E-state index in [0.29, 0.717) is 17.7 Å². The molecule has 0 aliphatic heterocycles. The number of carbonyl (C=O) groups excluding carboxylic acids is 10. The van der Waals surface area contributed by atoms with Gasteiger partial charge in [-0.15, -0.1) is 0 Å². The van der Waals surface area contributed by atoms with E-state index in [0.717, 1.165) is 6.92 Å². The van der Waals surface area contributed by atoms with Crippen molar-refractivity contribution < 1.29 is 82.8 Å². The number of aliphatic carboxylic acids is 3. The predicted molar refractivity (Wildman–Crippen MR) is 309 cm³/mol. The number of carboxylic acids is 3. The van der Waals surface area contributed by atoms with E-state index in [1.807, 2.05) is 0 Å². The van der Waals surface area contributed by atoms with Crippen molar-refractivity contribution in [2.24, 2.45) is 34.0 Å². The first-order valence-corrected chi connectivity index (χ1v) is 28.1. The summed E-state index contributed by atoms with van der Waals surface area (Å²) < 4.78 is 0. The second-order valence-electron chi connectivity index (χ2n) is 20.8. The molecule has 33 heteroatoms. The van der Waals surface area contributed by atoms with Gasteiger partial charge < -0.3 is 95.8 Å². The van der Waals surface area contributed by atoms with Crippen LogP contribution >= 0.6 is 0 Å². The van der Waals surface area contributed by atoms with Gasteiger partial charge in [0.1, 0.15) is 54.4 Å². The van der Waals surface area contributed by atoms with Crippen molar-refractivity contribution in [3.8, 4) is 0 Å². The van der Waals surface area contributed by atoms with Crippen molar-refractivity contribution in [2.45, 2.75) is 173 Å². The first-order valence-electron chi connectivity index (χ1n) is 28.1. The summed E-state index contributed by atoms with van der Waals surface area (Å²) in [6, 6.07) is -6.75. The molecule has 87 heavy (non-hydrogen) atoms. The molecule has 2 aromatic rings. The molecule has 0 aliphatic carbocycles. The number of benzene rings is 1. The zero-order chi connectivity index (χ0) is 65.7. The Morgan fingerprint density at radius 3 is 1.62 bits per heavy atom. The predicted octanol–water partition coefficient (Wildman–Crippen LogP) is -5.01. The highest BCUT2D eigenvalue weighted by Gasteiger charge is 2.37. The molecule has 1 heterocycles. The van der Waals surface area contributed by atoms with Crippen LogP contribution in [-0.2, 0) is 75.2 Å². The Hall–Kier alpha value is -9.27. The first kappa shape index (κ1) is 73.8. The van der Waals surface area contributed by atoms with Gasteiger partial charge in [0, 0.05) is 37.7 Å². The number of H-pyrrole nitrogens is 1. The molecule has 10 amide bonds. The van der Waals surface area contributed by atoms with E-state index in [4.69, 9.17) is 22.3 Å². The Kier molecular flexibility index (Phi) is 31.6. The molecule has 2 rings (SSSR count). The summed E-state index contributed by atoms with van der Waals surface area (Å²) >= 11 is 0. The summed E-state index contributed by atoms with van der Waals surface area (Å²) in [7, 11) is 0. The molecule has 0 fully saturated rings. The standard InChI is InChI=1S/C54H84N16O17/c1-8-26(3)41(69-45(78)29(6)63-52(85)43(30(7)71)68-38(72)24-60-46(79)33(55)17-18-39(73)74)51(84)67-36(21-32-23-58-25-61-32)49(82)64-34(16-13-19-59-54(56)57)47(80)62-28(5)44(77)65-35(20-31-14-11-10-12-15-31)48(81)66-37(22-40(75)76)50(83)70-42(53(86)87)27(4)9-2/h10-12,14-15,23,25-30,33-37,41-43,71H,8-9,13,16-22,24,55H2,1-7H3,(H,58,61)(H,60,79)(H,62,80)(H,63,85)(H,64,82)(H,65,77)(H,66,81)(H,67,84)(H,68,72)(H,69,78)(H,70,83)(H,73,74)(H,75,76)(H,86,87)(H4,56,57,59)/t26-,27-,28-,29-,30+,33-,34-,35-,36-,37-,41-,42-,43-/m0/s1. The number of hydrogen-bond acceptors (Lipinski definition) is 17. The van der Waals surface area contributed by atoms with E-state index in [1.54, 1.807) is 58.0 Å². The van der Waals surface area contributed by atoms with Gasteiger partial charge in [-0.05, 0) is 57.4 Å². The summed E-state index contributed by atoms with van der Waals surface area (Å²) in [5.41, 5.74) is 17.5. The quantitative estimate of drug-likeness (QED) is 0.0169. The minimum Gasteiger partial charge on any atom is -0.481 e. The molecule has 0 unspecified atom stereocenters. The van der Waals surface area contributed by atoms with Crippen LogP contribution in [0.5, 0.6) is 0 Å². The van der Waals surface area contributed by atoms with Crippen LogP contribution < -0.4 is 70.4 Å². The molecular formula is C54H84N16O17. The molecule has 0 saturated heterocycles. The maximum absolute atomic E-state index is 14.4. The fourth-order valence-electron chi connectivity index (χ4n) is 8.15. The van der Waals surface area contributed by atoms with Gasteiger partial charge in [-0.25, -0.2) is 9.78 Å². The topological polar surface area (TPSA) is 542 Å². The molecule has 0 saturated carbocycles. The average molecular weight is 1230 g/mol. The SMILES string of the molecule is CC[C@H](C)[C@H](NC(=O)[C@H](CC(=O)O)NC(=O)[C@H](Cc1ccccc1)NC(=O)[C@H](C)NC(=O)[C@H](CCCN=C(N)N)NC(=O)[C@H](Cc1cnc[nH]1)NC(=O)[C@@H](NC(=O)[C@H](C)NC(=O)[C@@H](NC(=O)CNC(=O)[C@@H](N)CCC(=O)O)[C@@H](C)O)[C@@H](C)CC)C(=O)O. The van der Waals surface area contributed by atoms with Gasteiger partial charge in [0.15, 0.2) is 5.96 Å². The van der Waals surface area contributed by atoms with E-state index in [-0.39, 0.29) is 51.0 Å². The molecule has 0 spiro atoms. The summed E-state index contributed by atoms with van der Waals surface area (Å²) in [4.78, 5) is 182. The largest absolute Gasteiger partial charge is 0.481 e. The van der Waals surface area contributed by atoms with Gasteiger partial charge in [-0.1, -0.05) is 70.9 Å². The van der Waals surface area contributed by atoms with E-state index in [9.17, 15) is 77.6 Å². The minimum atomic E-state index is -1.80. The average Bonchev–Trinajstić information content (AvgIpc) is 3.75. The maximum atomic E-state index is 14.4. The second kappa shape index (κ2) is 37.2. The lowest BCUT2D eigenvalue weighted by atomic mass is 9.97. The van der Waals surface area contributed by atoms with Crippen LogP contribution in [0.25, 0.3) is 0 Å². The zero-order valence-corrected chi connectivity index (χ0v) is 49.5. The Bertz CT molecular complexity index is 2710. The van der Waals surface area contributed by atoms with Crippen LogP contribution in [0, 0.1) is 11.8 Å². The normalized spacial score (nSPS) is 15.5. The smallest absolute Gasteiger partial charge is 0.326 e. The highest BCUT2D eigenvalue weighted by molar-refractivity contribution is 5.99. The van der Waals surface area contributed by atoms with Crippen molar-refractivity contribution >= 4 is 82.9 Å². The Morgan fingerprint density at radius 1 is 0.575 bits per heavy atom. The number of hydrogen-bond donors (Lipinski definition) is 18. The van der Waals surface area contributed by atoms with Gasteiger partial charge in [-0.3, -0.25) is 62.5 Å². The highest BCUT2D eigenvalue weighted by atomic mass is 16.4. The third-order valence-electron chi connectivity index (χ3n) is 13.7. The van der Waals surface area contributed by atoms with Crippen LogP contribution in [-0.4, -0.2) is 193 Å². The van der Waals surface area contributed by atoms with Crippen molar-refractivity contribution in [2.75, 3.05) is 13.1 Å². The molecule has 0 aliphatic rings. The number of carbonyl (C=O) groups is 13. The Morgan fingerprint density at radius 2 is 1.08 bits per heavy atom. The molecule has 33 nitrogen and oxygen atoms in total. The summed E-state index contributed by atoms with van der Waals surface area (Å²) in [5.74, 6) is -15.3. The molecule has 1 aromatic carbocycles. The number of aromatic nitrogens is 2. The van der Waals surface area contributed by atoms with Crippen molar-refractivity contribution in [1.29, 1.82) is 0 Å². The number of aliphatic imine (C=N–C) groups is 1. The molecule has 21 N–H and O–H groups in total. The van der Waals surface area contributed by atoms with Crippen molar-refractivity contribution in [3.05, 3.63) is 54.1 Å². The highest BCUT2D eigenvalue weighted by Crippen LogP contribution is 2.13. The lowest BCUT2D eigenvalue weighted by Crippen LogP contribution is -2.61. The summed E-state index contributed by atoms with van der Waals surface area (Å²) in [6.45, 7) is 9.47. The number of guanidine groups is 1. The first-order chi connectivity index (χ1) is 40.9. The van der Waals surface area contributed by atoms with Crippen LogP contribution in [0.2, 0.25) is 0 Å². The fraction of sp³-hybridized carbons (Fsp3) is 0.574. The van der Waals surface area contributed by atoms with Gasteiger partial charge in [0.25, 0.3) is 0 Å². The van der Waals surface area contributed by atoms with Crippen LogP contribution in [0.1, 0.15) is 105 Å². The van der Waals surface area contributed by atoms with Gasteiger partial charge in [-0.2, -0.15) is 0 Å². The zero-order valence-electron chi connectivity index (χ0n) is 49.5. The van der Waals surface area contributed by atoms with Crippen molar-refractivity contribution in [3.63, 3.8) is 0 Å². The van der Waals surface area contributed by atoms with Crippen LogP contribution in [0.3, 0.4) is 0 Å². The summed E-state index contributed by atoms with van der Waals surface area (Å²) in [5, 5.41) is 62.9. The molecule has 482 valence electrons. The third kappa shape index (κ3) is 26.7. The van der Waals surface area contributed by atoms with E-state index in [1.165, 1.54) is 26.4 Å². The number of carboxylic acid groups (broad SMARTS) is 3. The van der Waals surface area contributed by atoms with E-state index < -0.39 is 175 Å². The number of nitrogens with two attached hydrogens (primary N) is 3. The Balaban J connectivity index is 2.39. The number of nitrogens with one attached hydrogen (secondary N) is 11. The fourth-order valence-corrected chi connectivity index (χ4v) is 8.15. The van der Waals surface area contributed by atoms with Gasteiger partial charge in [0.05, 0.1) is 31.4 Å². The second-order valence-corrected chi connectivity index (χ2v) is 20.8. The number of nitrogens with zero attached hydrogens (tertiary/aromatic N) is 2. The van der Waals surface area contributed by atoms with Crippen LogP contribution in [0.15, 0.2) is 47.8 Å². The number of aliphatic hydroxyl groups is 1. The third-order valence-corrected chi connectivity index (χ3v) is 13.7. The van der Waals surface area contributed by atoms with Crippen LogP contribution in [0.4, 0.5) is 0 Å². The summed E-state index contributed by atoms with van der Waals surface area (Å²) in [6.07, 6.45) is -0.464. The number of aromatic amines is 1. The van der Waals surface area contributed by atoms with Gasteiger partial charge in [0.2, 0.25) is 59.1 Å². The molecule has 13 atom stereocenters. The monoisotopic (exact) mass is 1230 g/mol. The lowest BCUT2D eigenvalue weighted by molar-refractivity contribution is -0.145. The van der Waals surface area contributed by atoms with E-state index >= 15 is 0 Å². The molecule has 1 aromatic heterocycles.